The first-order valence-corrected chi connectivity index (χ1v) is 4.99. The van der Waals surface area contributed by atoms with Gasteiger partial charge in [0.15, 0.2) is 0 Å². The first-order valence-electron chi connectivity index (χ1n) is 4.99. The summed E-state index contributed by atoms with van der Waals surface area (Å²) >= 11 is 0. The fourth-order valence-corrected chi connectivity index (χ4v) is 2.26. The Morgan fingerprint density at radius 3 is 2.46 bits per heavy atom. The molecule has 1 aliphatic heterocycles. The average Bonchev–Trinajstić information content (AvgIpc) is 2.02. The second kappa shape index (κ2) is 4.59. The third-order valence-corrected chi connectivity index (χ3v) is 2.57. The van der Waals surface area contributed by atoms with Crippen molar-refractivity contribution in [2.24, 2.45) is 17.6 Å². The Bertz CT molecular complexity index is 187. The van der Waals surface area contributed by atoms with E-state index in [0.29, 0.717) is 0 Å². The van der Waals surface area contributed by atoms with Gasteiger partial charge in [0.25, 0.3) is 0 Å². The van der Waals surface area contributed by atoms with Crippen LogP contribution in [0.4, 0.5) is 0 Å². The lowest BCUT2D eigenvalue weighted by atomic mass is 9.92. The Hall–Kier alpha value is -0.590. The van der Waals surface area contributed by atoms with E-state index in [2.05, 4.69) is 24.8 Å². The second-order valence-electron chi connectivity index (χ2n) is 4.40. The molecule has 13 heavy (non-hydrogen) atoms. The first-order chi connectivity index (χ1) is 6.11. The predicted molar refractivity (Wildman–Crippen MR) is 53.0 cm³/mol. The predicted octanol–water partition coefficient (Wildman–Crippen LogP) is 0.815. The van der Waals surface area contributed by atoms with Gasteiger partial charge in [-0.25, -0.2) is 0 Å². The van der Waals surface area contributed by atoms with Gasteiger partial charge in [0.05, 0.1) is 6.07 Å². The molecule has 0 aliphatic carbocycles. The van der Waals surface area contributed by atoms with E-state index in [1.807, 2.05) is 0 Å². The molecule has 1 aliphatic rings. The fourth-order valence-electron chi connectivity index (χ4n) is 2.26. The van der Waals surface area contributed by atoms with Crippen molar-refractivity contribution in [3.8, 4) is 6.07 Å². The number of nitrogens with zero attached hydrogens (tertiary/aromatic N) is 2. The maximum absolute atomic E-state index is 8.60. The number of nitriles is 1. The molecule has 74 valence electrons. The van der Waals surface area contributed by atoms with E-state index in [-0.39, 0.29) is 6.04 Å². The molecule has 0 saturated carbocycles. The van der Waals surface area contributed by atoms with Crippen LogP contribution < -0.4 is 5.73 Å². The lowest BCUT2D eigenvalue weighted by Crippen LogP contribution is -2.44. The van der Waals surface area contributed by atoms with E-state index in [9.17, 15) is 0 Å². The summed E-state index contributed by atoms with van der Waals surface area (Å²) in [6.07, 6.45) is 1.30. The number of hydrogen-bond donors (Lipinski definition) is 1. The van der Waals surface area contributed by atoms with Gasteiger partial charge in [0, 0.05) is 19.6 Å². The van der Waals surface area contributed by atoms with Gasteiger partial charge in [-0.3, -0.25) is 0 Å². The van der Waals surface area contributed by atoms with Crippen LogP contribution in [0.25, 0.3) is 0 Å². The monoisotopic (exact) mass is 181 g/mol. The Morgan fingerprint density at radius 2 is 2.00 bits per heavy atom. The fraction of sp³-hybridized carbons (Fsp3) is 0.900. The standard InChI is InChI=1S/C10H19N3/c1-8-3-9(2)6-13(5-8)7-10(12)4-11/h8-10H,3,5-7,12H2,1-2H3. The van der Waals surface area contributed by atoms with Crippen molar-refractivity contribution in [1.82, 2.24) is 4.90 Å². The Morgan fingerprint density at radius 1 is 1.46 bits per heavy atom. The molecule has 3 atom stereocenters. The van der Waals surface area contributed by atoms with E-state index in [1.54, 1.807) is 0 Å². The summed E-state index contributed by atoms with van der Waals surface area (Å²) in [7, 11) is 0. The molecular formula is C10H19N3. The first kappa shape index (κ1) is 10.5. The largest absolute Gasteiger partial charge is 0.315 e. The van der Waals surface area contributed by atoms with Gasteiger partial charge in [0.2, 0.25) is 0 Å². The molecular weight excluding hydrogens is 162 g/mol. The number of nitrogens with two attached hydrogens (primary N) is 1. The van der Waals surface area contributed by atoms with E-state index in [4.69, 9.17) is 11.0 Å². The lowest BCUT2D eigenvalue weighted by molar-refractivity contribution is 0.139. The molecule has 3 heteroatoms. The van der Waals surface area contributed by atoms with Crippen molar-refractivity contribution >= 4 is 0 Å². The summed E-state index contributed by atoms with van der Waals surface area (Å²) < 4.78 is 0. The lowest BCUT2D eigenvalue weighted by Gasteiger charge is -2.35. The number of hydrogen-bond acceptors (Lipinski definition) is 3. The zero-order chi connectivity index (χ0) is 9.84. The topological polar surface area (TPSA) is 53.0 Å². The van der Waals surface area contributed by atoms with Crippen molar-refractivity contribution in [3.05, 3.63) is 0 Å². The minimum Gasteiger partial charge on any atom is -0.315 e. The molecule has 1 saturated heterocycles. The number of rotatable bonds is 2. The minimum atomic E-state index is -0.322. The number of likely N-dealkylation sites (tertiary alicyclic amines) is 1. The Labute approximate surface area is 80.5 Å². The summed E-state index contributed by atoms with van der Waals surface area (Å²) in [5.41, 5.74) is 5.59. The van der Waals surface area contributed by atoms with Gasteiger partial charge in [-0.2, -0.15) is 5.26 Å². The van der Waals surface area contributed by atoms with E-state index in [0.717, 1.165) is 31.5 Å². The molecule has 0 bridgehead atoms. The van der Waals surface area contributed by atoms with Crippen molar-refractivity contribution in [2.75, 3.05) is 19.6 Å². The average molecular weight is 181 g/mol. The molecule has 3 unspecified atom stereocenters. The SMILES string of the molecule is CC1CC(C)CN(CC(N)C#N)C1. The molecule has 1 rings (SSSR count). The van der Waals surface area contributed by atoms with Gasteiger partial charge in [0.1, 0.15) is 6.04 Å². The van der Waals surface area contributed by atoms with Gasteiger partial charge in [-0.05, 0) is 18.3 Å². The van der Waals surface area contributed by atoms with Gasteiger partial charge >= 0.3 is 0 Å². The molecule has 3 nitrogen and oxygen atoms in total. The second-order valence-corrected chi connectivity index (χ2v) is 4.40. The van der Waals surface area contributed by atoms with Crippen LogP contribution in [0.5, 0.6) is 0 Å². The highest BCUT2D eigenvalue weighted by Crippen LogP contribution is 2.20. The van der Waals surface area contributed by atoms with Crippen LogP contribution in [0.15, 0.2) is 0 Å². The molecule has 0 radical (unpaired) electrons. The third-order valence-electron chi connectivity index (χ3n) is 2.57. The molecule has 1 fully saturated rings. The van der Waals surface area contributed by atoms with Gasteiger partial charge in [-0.15, -0.1) is 0 Å². The van der Waals surface area contributed by atoms with Gasteiger partial charge in [-0.1, -0.05) is 13.8 Å². The van der Waals surface area contributed by atoms with Crippen molar-refractivity contribution < 1.29 is 0 Å². The number of piperidine rings is 1. The molecule has 0 aromatic heterocycles. The zero-order valence-corrected chi connectivity index (χ0v) is 8.53. The van der Waals surface area contributed by atoms with Crippen molar-refractivity contribution in [2.45, 2.75) is 26.3 Å². The van der Waals surface area contributed by atoms with Gasteiger partial charge < -0.3 is 10.6 Å². The molecule has 0 aromatic carbocycles. The summed E-state index contributed by atoms with van der Waals surface area (Å²) in [6.45, 7) is 7.45. The maximum Gasteiger partial charge on any atom is 0.106 e. The molecule has 0 spiro atoms. The Kier molecular flexibility index (Phi) is 3.71. The Balaban J connectivity index is 2.38. The van der Waals surface area contributed by atoms with Crippen LogP contribution >= 0.6 is 0 Å². The van der Waals surface area contributed by atoms with E-state index in [1.165, 1.54) is 6.42 Å². The summed E-state index contributed by atoms with van der Waals surface area (Å²) in [5.74, 6) is 1.49. The third kappa shape index (κ3) is 3.33. The molecule has 0 amide bonds. The van der Waals surface area contributed by atoms with Crippen LogP contribution in [-0.4, -0.2) is 30.6 Å². The maximum atomic E-state index is 8.60. The highest BCUT2D eigenvalue weighted by molar-refractivity contribution is 4.90. The van der Waals surface area contributed by atoms with E-state index < -0.39 is 0 Å². The highest BCUT2D eigenvalue weighted by atomic mass is 15.1. The van der Waals surface area contributed by atoms with Crippen LogP contribution in [0, 0.1) is 23.2 Å². The van der Waals surface area contributed by atoms with E-state index >= 15 is 0 Å². The van der Waals surface area contributed by atoms with Crippen molar-refractivity contribution in [1.29, 1.82) is 5.26 Å². The smallest absolute Gasteiger partial charge is 0.106 e. The van der Waals surface area contributed by atoms with Crippen LogP contribution in [-0.2, 0) is 0 Å². The zero-order valence-electron chi connectivity index (χ0n) is 8.53. The van der Waals surface area contributed by atoms with Crippen LogP contribution in [0.3, 0.4) is 0 Å². The van der Waals surface area contributed by atoms with Crippen LogP contribution in [0.2, 0.25) is 0 Å². The summed E-state index contributed by atoms with van der Waals surface area (Å²) in [5, 5.41) is 8.60. The molecule has 1 heterocycles. The quantitative estimate of drug-likeness (QED) is 0.686. The molecule has 2 N–H and O–H groups in total. The normalized spacial score (nSPS) is 32.5. The minimum absolute atomic E-state index is 0.322. The summed E-state index contributed by atoms with van der Waals surface area (Å²) in [6, 6.07) is 1.76. The summed E-state index contributed by atoms with van der Waals surface area (Å²) in [4.78, 5) is 2.31. The molecule has 0 aromatic rings. The highest BCUT2D eigenvalue weighted by Gasteiger charge is 2.22. The van der Waals surface area contributed by atoms with Crippen molar-refractivity contribution in [3.63, 3.8) is 0 Å². The van der Waals surface area contributed by atoms with Crippen LogP contribution in [0.1, 0.15) is 20.3 Å².